The molecule has 0 aliphatic heterocycles. The van der Waals surface area contributed by atoms with Gasteiger partial charge in [-0.05, 0) is 36.8 Å². The summed E-state index contributed by atoms with van der Waals surface area (Å²) in [6, 6.07) is 11.3. The van der Waals surface area contributed by atoms with Crippen LogP contribution >= 0.6 is 0 Å². The Labute approximate surface area is 133 Å². The van der Waals surface area contributed by atoms with Gasteiger partial charge in [-0.2, -0.15) is 0 Å². The molecule has 5 heteroatoms. The molecule has 23 heavy (non-hydrogen) atoms. The first kappa shape index (κ1) is 15.0. The second kappa shape index (κ2) is 6.44. The van der Waals surface area contributed by atoms with Crippen molar-refractivity contribution in [3.8, 4) is 0 Å². The summed E-state index contributed by atoms with van der Waals surface area (Å²) in [4.78, 5) is 30.7. The molecule has 2 aromatic heterocycles. The number of rotatable bonds is 5. The number of fused-ring (bicyclic) bond motifs is 1. The number of pyridine rings is 1. The molecule has 0 saturated carbocycles. The van der Waals surface area contributed by atoms with Crippen molar-refractivity contribution in [3.05, 3.63) is 65.1 Å². The molecule has 0 aliphatic carbocycles. The van der Waals surface area contributed by atoms with Crippen LogP contribution in [0.25, 0.3) is 10.9 Å². The average molecular weight is 307 g/mol. The van der Waals surface area contributed by atoms with Gasteiger partial charge in [0, 0.05) is 41.3 Å². The van der Waals surface area contributed by atoms with Crippen molar-refractivity contribution in [1.82, 2.24) is 15.3 Å². The van der Waals surface area contributed by atoms with E-state index in [9.17, 15) is 9.59 Å². The first-order valence-corrected chi connectivity index (χ1v) is 7.50. The SMILES string of the molecule is CCNC(=O)c1cc(C=O)cc(Cc2cccc3[nH]ccc23)n1. The van der Waals surface area contributed by atoms with Crippen LogP contribution in [0.3, 0.4) is 0 Å². The third-order valence-electron chi connectivity index (χ3n) is 3.66. The van der Waals surface area contributed by atoms with Gasteiger partial charge >= 0.3 is 0 Å². The Kier molecular flexibility index (Phi) is 4.19. The Bertz CT molecular complexity index is 868. The zero-order valence-corrected chi connectivity index (χ0v) is 12.8. The summed E-state index contributed by atoms with van der Waals surface area (Å²) in [5.74, 6) is -0.266. The summed E-state index contributed by atoms with van der Waals surface area (Å²) < 4.78 is 0. The predicted octanol–water partition coefficient (Wildman–Crippen LogP) is 2.72. The number of hydrogen-bond acceptors (Lipinski definition) is 3. The van der Waals surface area contributed by atoms with E-state index in [-0.39, 0.29) is 11.6 Å². The number of aromatic amines is 1. The van der Waals surface area contributed by atoms with E-state index in [1.54, 1.807) is 6.07 Å². The number of nitrogens with one attached hydrogen (secondary N) is 2. The van der Waals surface area contributed by atoms with Gasteiger partial charge < -0.3 is 10.3 Å². The molecule has 116 valence electrons. The Morgan fingerprint density at radius 2 is 2.17 bits per heavy atom. The lowest BCUT2D eigenvalue weighted by molar-refractivity contribution is 0.0950. The maximum Gasteiger partial charge on any atom is 0.269 e. The van der Waals surface area contributed by atoms with Crippen molar-refractivity contribution in [3.63, 3.8) is 0 Å². The van der Waals surface area contributed by atoms with Gasteiger partial charge in [-0.15, -0.1) is 0 Å². The highest BCUT2D eigenvalue weighted by Crippen LogP contribution is 2.20. The second-order valence-electron chi connectivity index (χ2n) is 5.29. The number of nitrogens with zero attached hydrogens (tertiary/aromatic N) is 1. The molecule has 2 heterocycles. The molecule has 1 amide bonds. The number of benzene rings is 1. The maximum atomic E-state index is 12.0. The van der Waals surface area contributed by atoms with Crippen LogP contribution in [0.4, 0.5) is 0 Å². The highest BCUT2D eigenvalue weighted by atomic mass is 16.1. The van der Waals surface area contributed by atoms with Crippen molar-refractivity contribution in [2.45, 2.75) is 13.3 Å². The molecular formula is C18H17N3O2. The number of hydrogen-bond donors (Lipinski definition) is 2. The molecule has 5 nitrogen and oxygen atoms in total. The largest absolute Gasteiger partial charge is 0.361 e. The topological polar surface area (TPSA) is 74.8 Å². The van der Waals surface area contributed by atoms with E-state index in [0.29, 0.717) is 24.2 Å². The average Bonchev–Trinajstić information content (AvgIpc) is 3.04. The van der Waals surface area contributed by atoms with Crippen LogP contribution in [0, 0.1) is 0 Å². The highest BCUT2D eigenvalue weighted by molar-refractivity contribution is 5.94. The van der Waals surface area contributed by atoms with E-state index in [0.717, 1.165) is 22.8 Å². The minimum atomic E-state index is -0.266. The van der Waals surface area contributed by atoms with Gasteiger partial charge in [0.1, 0.15) is 12.0 Å². The summed E-state index contributed by atoms with van der Waals surface area (Å²) in [6.45, 7) is 2.36. The van der Waals surface area contributed by atoms with Crippen LogP contribution in [-0.4, -0.2) is 28.7 Å². The summed E-state index contributed by atoms with van der Waals surface area (Å²) in [7, 11) is 0. The van der Waals surface area contributed by atoms with E-state index in [1.807, 2.05) is 37.4 Å². The van der Waals surface area contributed by atoms with Crippen LogP contribution < -0.4 is 5.32 Å². The normalized spacial score (nSPS) is 10.7. The molecule has 0 aliphatic rings. The minimum Gasteiger partial charge on any atom is -0.361 e. The van der Waals surface area contributed by atoms with Crippen molar-refractivity contribution in [2.24, 2.45) is 0 Å². The second-order valence-corrected chi connectivity index (χ2v) is 5.29. The monoisotopic (exact) mass is 307 g/mol. The fourth-order valence-corrected chi connectivity index (χ4v) is 2.64. The molecule has 0 radical (unpaired) electrons. The van der Waals surface area contributed by atoms with Crippen LogP contribution in [0.15, 0.2) is 42.6 Å². The van der Waals surface area contributed by atoms with Gasteiger partial charge in [0.05, 0.1) is 0 Å². The first-order valence-electron chi connectivity index (χ1n) is 7.50. The van der Waals surface area contributed by atoms with Crippen molar-refractivity contribution >= 4 is 23.1 Å². The molecule has 0 fully saturated rings. The fraction of sp³-hybridized carbons (Fsp3) is 0.167. The summed E-state index contributed by atoms with van der Waals surface area (Å²) in [6.07, 6.45) is 3.19. The summed E-state index contributed by atoms with van der Waals surface area (Å²) >= 11 is 0. The Morgan fingerprint density at radius 3 is 2.96 bits per heavy atom. The van der Waals surface area contributed by atoms with Gasteiger partial charge in [-0.1, -0.05) is 12.1 Å². The van der Waals surface area contributed by atoms with E-state index in [4.69, 9.17) is 0 Å². The Hall–Kier alpha value is -2.95. The number of aldehydes is 1. The maximum absolute atomic E-state index is 12.0. The smallest absolute Gasteiger partial charge is 0.269 e. The lowest BCUT2D eigenvalue weighted by Gasteiger charge is -2.07. The van der Waals surface area contributed by atoms with Crippen molar-refractivity contribution < 1.29 is 9.59 Å². The molecule has 3 aromatic rings. The van der Waals surface area contributed by atoms with Gasteiger partial charge in [-0.3, -0.25) is 9.59 Å². The van der Waals surface area contributed by atoms with Crippen LogP contribution in [0.5, 0.6) is 0 Å². The third kappa shape index (κ3) is 3.13. The molecule has 0 unspecified atom stereocenters. The van der Waals surface area contributed by atoms with Crippen LogP contribution in [0.1, 0.15) is 39.0 Å². The quantitative estimate of drug-likeness (QED) is 0.712. The lowest BCUT2D eigenvalue weighted by atomic mass is 10.0. The van der Waals surface area contributed by atoms with E-state index < -0.39 is 0 Å². The van der Waals surface area contributed by atoms with Crippen molar-refractivity contribution in [2.75, 3.05) is 6.54 Å². The number of H-pyrrole nitrogens is 1. The molecule has 0 saturated heterocycles. The Balaban J connectivity index is 1.99. The molecule has 0 spiro atoms. The molecule has 3 rings (SSSR count). The summed E-state index contributed by atoms with van der Waals surface area (Å²) in [5, 5.41) is 3.82. The van der Waals surface area contributed by atoms with Crippen molar-refractivity contribution in [1.29, 1.82) is 0 Å². The van der Waals surface area contributed by atoms with Crippen LogP contribution in [0.2, 0.25) is 0 Å². The number of carbonyl (C=O) groups is 2. The van der Waals surface area contributed by atoms with Gasteiger partial charge in [0.25, 0.3) is 5.91 Å². The lowest BCUT2D eigenvalue weighted by Crippen LogP contribution is -2.24. The van der Waals surface area contributed by atoms with Gasteiger partial charge in [0.2, 0.25) is 0 Å². The van der Waals surface area contributed by atoms with Gasteiger partial charge in [0.15, 0.2) is 0 Å². The number of amides is 1. The minimum absolute atomic E-state index is 0.266. The van der Waals surface area contributed by atoms with E-state index in [2.05, 4.69) is 15.3 Å². The molecular weight excluding hydrogens is 290 g/mol. The zero-order valence-electron chi connectivity index (χ0n) is 12.8. The third-order valence-corrected chi connectivity index (χ3v) is 3.66. The number of aromatic nitrogens is 2. The molecule has 1 aromatic carbocycles. The van der Waals surface area contributed by atoms with Gasteiger partial charge in [-0.25, -0.2) is 4.98 Å². The summed E-state index contributed by atoms with van der Waals surface area (Å²) in [5.41, 5.74) is 3.58. The standard InChI is InChI=1S/C18H17N3O2/c1-2-19-18(23)17-9-12(11-22)8-14(21-17)10-13-4-3-5-16-15(13)6-7-20-16/h3-9,11,20H,2,10H2,1H3,(H,19,23). The van der Waals surface area contributed by atoms with Crippen LogP contribution in [-0.2, 0) is 6.42 Å². The molecule has 2 N–H and O–H groups in total. The fourth-order valence-electron chi connectivity index (χ4n) is 2.64. The van der Waals surface area contributed by atoms with E-state index >= 15 is 0 Å². The molecule has 0 bridgehead atoms. The first-order chi connectivity index (χ1) is 11.2. The van der Waals surface area contributed by atoms with E-state index in [1.165, 1.54) is 6.07 Å². The zero-order chi connectivity index (χ0) is 16.2. The Morgan fingerprint density at radius 1 is 1.30 bits per heavy atom. The molecule has 0 atom stereocenters. The highest BCUT2D eigenvalue weighted by Gasteiger charge is 2.11. The number of carbonyl (C=O) groups excluding carboxylic acids is 2. The predicted molar refractivity (Wildman–Crippen MR) is 88.7 cm³/mol.